The van der Waals surface area contributed by atoms with Crippen LogP contribution in [0.15, 0.2) is 23.1 Å². The monoisotopic (exact) mass is 196 g/mol. The number of fused-ring (bicyclic) bond motifs is 1. The molecule has 70 valence electrons. The number of aliphatic hydroxyl groups excluding tert-OH is 1. The van der Waals surface area contributed by atoms with Gasteiger partial charge in [0.15, 0.2) is 0 Å². The highest BCUT2D eigenvalue weighted by Crippen LogP contribution is 2.37. The van der Waals surface area contributed by atoms with Crippen LogP contribution in [-0.4, -0.2) is 17.7 Å². The molecule has 0 aromatic heterocycles. The Hall–Kier alpha value is -0.670. The van der Waals surface area contributed by atoms with Gasteiger partial charge in [-0.15, -0.1) is 0 Å². The molecule has 0 fully saturated rings. The summed E-state index contributed by atoms with van der Waals surface area (Å²) in [5, 5.41) is 9.00. The summed E-state index contributed by atoms with van der Waals surface area (Å²) < 4.78 is 5.37. The lowest BCUT2D eigenvalue weighted by Gasteiger charge is -2.08. The van der Waals surface area contributed by atoms with Crippen LogP contribution in [0.4, 0.5) is 0 Å². The lowest BCUT2D eigenvalue weighted by Crippen LogP contribution is -1.98. The molecule has 0 amide bonds. The molecule has 1 heterocycles. The lowest BCUT2D eigenvalue weighted by atomic mass is 10.0. The molecular formula is C10H12O2S. The summed E-state index contributed by atoms with van der Waals surface area (Å²) in [5.74, 6) is 1.90. The molecular weight excluding hydrogens is 184 g/mol. The van der Waals surface area contributed by atoms with Gasteiger partial charge >= 0.3 is 0 Å². The molecule has 0 saturated carbocycles. The topological polar surface area (TPSA) is 29.5 Å². The number of aliphatic hydroxyl groups is 1. The van der Waals surface area contributed by atoms with Gasteiger partial charge in [-0.2, -0.15) is 0 Å². The van der Waals surface area contributed by atoms with Gasteiger partial charge in [-0.3, -0.25) is 0 Å². The summed E-state index contributed by atoms with van der Waals surface area (Å²) in [6, 6.07) is 6.11. The van der Waals surface area contributed by atoms with E-state index in [1.807, 2.05) is 19.1 Å². The van der Waals surface area contributed by atoms with E-state index in [0.717, 1.165) is 5.75 Å². The van der Waals surface area contributed by atoms with Crippen LogP contribution in [0, 0.1) is 0 Å². The molecule has 1 aromatic rings. The lowest BCUT2D eigenvalue weighted by molar-refractivity contribution is 0.273. The van der Waals surface area contributed by atoms with Crippen molar-refractivity contribution < 1.29 is 9.84 Å². The molecule has 0 saturated heterocycles. The van der Waals surface area contributed by atoms with Crippen LogP contribution in [0.5, 0.6) is 5.75 Å². The van der Waals surface area contributed by atoms with Crippen molar-refractivity contribution in [2.45, 2.75) is 17.7 Å². The van der Waals surface area contributed by atoms with Crippen molar-refractivity contribution in [3.8, 4) is 5.75 Å². The first-order valence-electron chi connectivity index (χ1n) is 4.31. The maximum Gasteiger partial charge on any atom is 0.138 e. The third kappa shape index (κ3) is 1.67. The third-order valence-corrected chi connectivity index (χ3v) is 3.11. The Morgan fingerprint density at radius 3 is 3.23 bits per heavy atom. The Bertz CT molecular complexity index is 312. The molecule has 1 atom stereocenters. The SMILES string of the molecule is CC(CO)c1ccc2c(c1)SCO2. The van der Waals surface area contributed by atoms with E-state index in [9.17, 15) is 0 Å². The van der Waals surface area contributed by atoms with Crippen molar-refractivity contribution in [1.29, 1.82) is 0 Å². The van der Waals surface area contributed by atoms with Gasteiger partial charge in [0.05, 0.1) is 4.90 Å². The molecule has 13 heavy (non-hydrogen) atoms. The van der Waals surface area contributed by atoms with E-state index in [0.29, 0.717) is 5.94 Å². The molecule has 0 aliphatic carbocycles. The van der Waals surface area contributed by atoms with Gasteiger partial charge in [0.25, 0.3) is 0 Å². The maximum absolute atomic E-state index is 9.00. The van der Waals surface area contributed by atoms with Gasteiger partial charge in [0, 0.05) is 12.5 Å². The van der Waals surface area contributed by atoms with Crippen LogP contribution in [0.3, 0.4) is 0 Å². The van der Waals surface area contributed by atoms with Crippen LogP contribution in [0.25, 0.3) is 0 Å². The van der Waals surface area contributed by atoms with Crippen molar-refractivity contribution in [3.63, 3.8) is 0 Å². The summed E-state index contributed by atoms with van der Waals surface area (Å²) in [7, 11) is 0. The molecule has 3 heteroatoms. The van der Waals surface area contributed by atoms with Gasteiger partial charge in [0.2, 0.25) is 0 Å². The van der Waals surface area contributed by atoms with Gasteiger partial charge in [0.1, 0.15) is 11.7 Å². The van der Waals surface area contributed by atoms with Crippen molar-refractivity contribution in [1.82, 2.24) is 0 Å². The highest BCUT2D eigenvalue weighted by atomic mass is 32.2. The van der Waals surface area contributed by atoms with E-state index < -0.39 is 0 Å². The minimum absolute atomic E-state index is 0.199. The summed E-state index contributed by atoms with van der Waals surface area (Å²) in [6.45, 7) is 2.21. The van der Waals surface area contributed by atoms with Gasteiger partial charge in [-0.1, -0.05) is 24.8 Å². The first kappa shape index (κ1) is 8.91. The molecule has 1 aliphatic rings. The molecule has 2 nitrogen and oxygen atoms in total. The molecule has 1 N–H and O–H groups in total. The summed E-state index contributed by atoms with van der Waals surface area (Å²) in [6.07, 6.45) is 0. The zero-order valence-electron chi connectivity index (χ0n) is 7.49. The van der Waals surface area contributed by atoms with E-state index in [-0.39, 0.29) is 12.5 Å². The highest BCUT2D eigenvalue weighted by Gasteiger charge is 2.14. The average molecular weight is 196 g/mol. The number of hydrogen-bond donors (Lipinski definition) is 1. The molecule has 2 rings (SSSR count). The van der Waals surface area contributed by atoms with Gasteiger partial charge in [-0.25, -0.2) is 0 Å². The fraction of sp³-hybridized carbons (Fsp3) is 0.400. The Morgan fingerprint density at radius 1 is 1.62 bits per heavy atom. The van der Waals surface area contributed by atoms with Crippen LogP contribution < -0.4 is 4.74 Å². The minimum atomic E-state index is 0.199. The number of benzene rings is 1. The first-order valence-corrected chi connectivity index (χ1v) is 5.30. The van der Waals surface area contributed by atoms with E-state index >= 15 is 0 Å². The fourth-order valence-electron chi connectivity index (χ4n) is 1.33. The minimum Gasteiger partial charge on any atom is -0.481 e. The predicted octanol–water partition coefficient (Wildman–Crippen LogP) is 2.22. The zero-order chi connectivity index (χ0) is 9.26. The van der Waals surface area contributed by atoms with Crippen molar-refractivity contribution in [3.05, 3.63) is 23.8 Å². The Labute approximate surface area is 81.9 Å². The second-order valence-corrected chi connectivity index (χ2v) is 4.16. The number of rotatable bonds is 2. The summed E-state index contributed by atoms with van der Waals surface area (Å²) >= 11 is 1.71. The van der Waals surface area contributed by atoms with Crippen LogP contribution >= 0.6 is 11.8 Å². The molecule has 1 aromatic carbocycles. The largest absolute Gasteiger partial charge is 0.481 e. The van der Waals surface area contributed by atoms with Gasteiger partial charge < -0.3 is 9.84 Å². The smallest absolute Gasteiger partial charge is 0.138 e. The van der Waals surface area contributed by atoms with E-state index in [1.165, 1.54) is 10.5 Å². The van der Waals surface area contributed by atoms with Gasteiger partial charge in [-0.05, 0) is 17.7 Å². The molecule has 0 radical (unpaired) electrons. The second kappa shape index (κ2) is 3.60. The van der Waals surface area contributed by atoms with Crippen molar-refractivity contribution >= 4 is 11.8 Å². The molecule has 1 aliphatic heterocycles. The van der Waals surface area contributed by atoms with E-state index in [4.69, 9.17) is 9.84 Å². The zero-order valence-corrected chi connectivity index (χ0v) is 8.30. The molecule has 1 unspecified atom stereocenters. The highest BCUT2D eigenvalue weighted by molar-refractivity contribution is 7.99. The second-order valence-electron chi connectivity index (χ2n) is 3.20. The number of thioether (sulfide) groups is 1. The Morgan fingerprint density at radius 2 is 2.46 bits per heavy atom. The maximum atomic E-state index is 9.00. The van der Waals surface area contributed by atoms with E-state index in [2.05, 4.69) is 6.07 Å². The first-order chi connectivity index (χ1) is 6.31. The van der Waals surface area contributed by atoms with Crippen molar-refractivity contribution in [2.24, 2.45) is 0 Å². The summed E-state index contributed by atoms with van der Waals surface area (Å²) in [4.78, 5) is 1.19. The Kier molecular flexibility index (Phi) is 2.47. The van der Waals surface area contributed by atoms with Crippen LogP contribution in [-0.2, 0) is 0 Å². The van der Waals surface area contributed by atoms with Crippen LogP contribution in [0.2, 0.25) is 0 Å². The Balaban J connectivity index is 2.30. The number of hydrogen-bond acceptors (Lipinski definition) is 3. The number of ether oxygens (including phenoxy) is 1. The quantitative estimate of drug-likeness (QED) is 0.786. The molecule has 0 spiro atoms. The summed E-state index contributed by atoms with van der Waals surface area (Å²) in [5.41, 5.74) is 1.18. The average Bonchev–Trinajstić information content (AvgIpc) is 2.63. The van der Waals surface area contributed by atoms with E-state index in [1.54, 1.807) is 11.8 Å². The third-order valence-electron chi connectivity index (χ3n) is 2.24. The standard InChI is InChI=1S/C10H12O2S/c1-7(5-11)8-2-3-9-10(4-8)13-6-12-9/h2-4,7,11H,5-6H2,1H3. The fourth-order valence-corrected chi connectivity index (χ4v) is 2.13. The predicted molar refractivity (Wildman–Crippen MR) is 53.3 cm³/mol. The normalized spacial score (nSPS) is 16.5. The molecule has 0 bridgehead atoms. The van der Waals surface area contributed by atoms with Crippen LogP contribution in [0.1, 0.15) is 18.4 Å². The van der Waals surface area contributed by atoms with Crippen molar-refractivity contribution in [2.75, 3.05) is 12.5 Å².